The zero-order valence-electron chi connectivity index (χ0n) is 10.5. The number of phenolic OH excluding ortho intramolecular Hbond substituents is 1. The summed E-state index contributed by atoms with van der Waals surface area (Å²) in [5, 5.41) is 12.6. The fourth-order valence-electron chi connectivity index (χ4n) is 2.37. The first kappa shape index (κ1) is 13.4. The highest BCUT2D eigenvalue weighted by Gasteiger charge is 2.25. The molecule has 2 atom stereocenters. The van der Waals surface area contributed by atoms with Crippen molar-refractivity contribution in [2.75, 3.05) is 11.5 Å². The van der Waals surface area contributed by atoms with Crippen LogP contribution in [0.4, 0.5) is 0 Å². The van der Waals surface area contributed by atoms with Crippen molar-refractivity contribution in [2.45, 2.75) is 31.8 Å². The maximum absolute atomic E-state index is 11.6. The molecule has 1 aliphatic rings. The van der Waals surface area contributed by atoms with Gasteiger partial charge in [0.05, 0.1) is 11.5 Å². The predicted molar refractivity (Wildman–Crippen MR) is 71.3 cm³/mol. The molecule has 2 rings (SSSR count). The summed E-state index contributed by atoms with van der Waals surface area (Å²) in [5.41, 5.74) is 1.05. The summed E-state index contributed by atoms with van der Waals surface area (Å²) in [6.07, 6.45) is 1.64. The standard InChI is InChI=1S/C13H19NO3S/c1-10(11-4-6-13(15)7-5-11)14-12-3-2-8-18(16,17)9-12/h4-7,10,12,14-15H,2-3,8-9H2,1H3. The third-order valence-corrected chi connectivity index (χ3v) is 5.16. The molecule has 2 unspecified atom stereocenters. The van der Waals surface area contributed by atoms with Crippen LogP contribution in [0.25, 0.3) is 0 Å². The normalized spacial score (nSPS) is 24.6. The molecule has 1 fully saturated rings. The number of rotatable bonds is 3. The van der Waals surface area contributed by atoms with Crippen LogP contribution in [0.2, 0.25) is 0 Å². The second-order valence-electron chi connectivity index (χ2n) is 4.93. The van der Waals surface area contributed by atoms with Gasteiger partial charge < -0.3 is 10.4 Å². The fraction of sp³-hybridized carbons (Fsp3) is 0.538. The lowest BCUT2D eigenvalue weighted by Crippen LogP contribution is -2.41. The van der Waals surface area contributed by atoms with Crippen LogP contribution in [0.3, 0.4) is 0 Å². The molecule has 0 aliphatic carbocycles. The van der Waals surface area contributed by atoms with Gasteiger partial charge in [0.1, 0.15) is 5.75 Å². The summed E-state index contributed by atoms with van der Waals surface area (Å²) in [6, 6.07) is 7.11. The topological polar surface area (TPSA) is 66.4 Å². The molecule has 1 aromatic carbocycles. The van der Waals surface area contributed by atoms with Crippen molar-refractivity contribution < 1.29 is 13.5 Å². The number of hydrogen-bond acceptors (Lipinski definition) is 4. The van der Waals surface area contributed by atoms with E-state index in [0.717, 1.165) is 18.4 Å². The summed E-state index contributed by atoms with van der Waals surface area (Å²) in [4.78, 5) is 0. The number of nitrogens with one attached hydrogen (secondary N) is 1. The SMILES string of the molecule is CC(NC1CCCS(=O)(=O)C1)c1ccc(O)cc1. The number of phenols is 1. The van der Waals surface area contributed by atoms with Gasteiger partial charge in [-0.3, -0.25) is 0 Å². The van der Waals surface area contributed by atoms with Crippen molar-refractivity contribution in [3.63, 3.8) is 0 Å². The number of sulfone groups is 1. The first-order valence-corrected chi connectivity index (χ1v) is 8.04. The van der Waals surface area contributed by atoms with Gasteiger partial charge in [-0.2, -0.15) is 0 Å². The lowest BCUT2D eigenvalue weighted by molar-refractivity contribution is 0.436. The van der Waals surface area contributed by atoms with Crippen LogP contribution in [-0.4, -0.2) is 31.1 Å². The molecule has 0 radical (unpaired) electrons. The monoisotopic (exact) mass is 269 g/mol. The van der Waals surface area contributed by atoms with E-state index in [1.807, 2.05) is 19.1 Å². The first-order chi connectivity index (χ1) is 8.46. The van der Waals surface area contributed by atoms with Gasteiger partial charge in [-0.15, -0.1) is 0 Å². The summed E-state index contributed by atoms with van der Waals surface area (Å²) in [7, 11) is -2.87. The highest BCUT2D eigenvalue weighted by molar-refractivity contribution is 7.91. The summed E-state index contributed by atoms with van der Waals surface area (Å²) in [6.45, 7) is 2.01. The maximum Gasteiger partial charge on any atom is 0.151 e. The van der Waals surface area contributed by atoms with E-state index in [2.05, 4.69) is 5.32 Å². The Morgan fingerprint density at radius 2 is 2.00 bits per heavy atom. The molecule has 1 saturated heterocycles. The van der Waals surface area contributed by atoms with Crippen molar-refractivity contribution in [1.82, 2.24) is 5.32 Å². The zero-order chi connectivity index (χ0) is 13.2. The lowest BCUT2D eigenvalue weighted by atomic mass is 10.1. The van der Waals surface area contributed by atoms with E-state index >= 15 is 0 Å². The molecule has 5 heteroatoms. The Balaban J connectivity index is 1.99. The van der Waals surface area contributed by atoms with Gasteiger partial charge in [0.25, 0.3) is 0 Å². The van der Waals surface area contributed by atoms with Gasteiger partial charge >= 0.3 is 0 Å². The Morgan fingerprint density at radius 3 is 2.61 bits per heavy atom. The Morgan fingerprint density at radius 1 is 1.33 bits per heavy atom. The van der Waals surface area contributed by atoms with Crippen LogP contribution in [-0.2, 0) is 9.84 Å². The van der Waals surface area contributed by atoms with E-state index in [1.165, 1.54) is 0 Å². The highest BCUT2D eigenvalue weighted by atomic mass is 32.2. The van der Waals surface area contributed by atoms with E-state index in [9.17, 15) is 13.5 Å². The van der Waals surface area contributed by atoms with Crippen LogP contribution < -0.4 is 5.32 Å². The van der Waals surface area contributed by atoms with Crippen molar-refractivity contribution in [2.24, 2.45) is 0 Å². The van der Waals surface area contributed by atoms with Crippen molar-refractivity contribution in [3.05, 3.63) is 29.8 Å². The molecule has 0 saturated carbocycles. The molecule has 0 aromatic heterocycles. The molecule has 1 heterocycles. The minimum atomic E-state index is -2.87. The molecule has 0 amide bonds. The Bertz CT molecular complexity index is 495. The van der Waals surface area contributed by atoms with Crippen LogP contribution in [0.5, 0.6) is 5.75 Å². The molecule has 1 aliphatic heterocycles. The van der Waals surface area contributed by atoms with Gasteiger partial charge in [-0.05, 0) is 37.5 Å². The fourth-order valence-corrected chi connectivity index (χ4v) is 4.02. The van der Waals surface area contributed by atoms with Crippen molar-refractivity contribution in [1.29, 1.82) is 0 Å². The predicted octanol–water partition coefficient (Wildman–Crippen LogP) is 1.62. The van der Waals surface area contributed by atoms with Gasteiger partial charge in [0, 0.05) is 12.1 Å². The Labute approximate surface area is 108 Å². The number of aromatic hydroxyl groups is 1. The van der Waals surface area contributed by atoms with E-state index in [-0.39, 0.29) is 23.6 Å². The van der Waals surface area contributed by atoms with Gasteiger partial charge in [-0.1, -0.05) is 12.1 Å². The molecule has 1 aromatic rings. The van der Waals surface area contributed by atoms with E-state index in [0.29, 0.717) is 5.75 Å². The maximum atomic E-state index is 11.6. The van der Waals surface area contributed by atoms with Crippen LogP contribution >= 0.6 is 0 Å². The third kappa shape index (κ3) is 3.46. The smallest absolute Gasteiger partial charge is 0.151 e. The highest BCUT2D eigenvalue weighted by Crippen LogP contribution is 2.19. The Kier molecular flexibility index (Phi) is 3.92. The molecule has 4 nitrogen and oxygen atoms in total. The van der Waals surface area contributed by atoms with Crippen LogP contribution in [0.1, 0.15) is 31.4 Å². The second kappa shape index (κ2) is 5.28. The number of benzene rings is 1. The molecule has 0 spiro atoms. The quantitative estimate of drug-likeness (QED) is 0.875. The molecule has 18 heavy (non-hydrogen) atoms. The van der Waals surface area contributed by atoms with Gasteiger partial charge in [0.2, 0.25) is 0 Å². The van der Waals surface area contributed by atoms with Crippen molar-refractivity contribution in [3.8, 4) is 5.75 Å². The van der Waals surface area contributed by atoms with E-state index < -0.39 is 9.84 Å². The third-order valence-electron chi connectivity index (χ3n) is 3.34. The van der Waals surface area contributed by atoms with E-state index in [4.69, 9.17) is 0 Å². The summed E-state index contributed by atoms with van der Waals surface area (Å²) < 4.78 is 23.1. The first-order valence-electron chi connectivity index (χ1n) is 6.22. The van der Waals surface area contributed by atoms with Gasteiger partial charge in [0.15, 0.2) is 9.84 Å². The molecule has 0 bridgehead atoms. The largest absolute Gasteiger partial charge is 0.508 e. The van der Waals surface area contributed by atoms with Gasteiger partial charge in [-0.25, -0.2) is 8.42 Å². The van der Waals surface area contributed by atoms with Crippen LogP contribution in [0.15, 0.2) is 24.3 Å². The summed E-state index contributed by atoms with van der Waals surface area (Å²) in [5.74, 6) is 0.792. The van der Waals surface area contributed by atoms with E-state index in [1.54, 1.807) is 12.1 Å². The molecular formula is C13H19NO3S. The minimum Gasteiger partial charge on any atom is -0.508 e. The minimum absolute atomic E-state index is 0.0348. The second-order valence-corrected chi connectivity index (χ2v) is 7.16. The Hall–Kier alpha value is -1.07. The molecular weight excluding hydrogens is 250 g/mol. The molecule has 100 valence electrons. The van der Waals surface area contributed by atoms with Crippen LogP contribution in [0, 0.1) is 0 Å². The zero-order valence-corrected chi connectivity index (χ0v) is 11.3. The lowest BCUT2D eigenvalue weighted by Gasteiger charge is -2.26. The average molecular weight is 269 g/mol. The average Bonchev–Trinajstić information content (AvgIpc) is 2.28. The summed E-state index contributed by atoms with van der Waals surface area (Å²) >= 11 is 0. The number of hydrogen-bond donors (Lipinski definition) is 2. The molecule has 2 N–H and O–H groups in total. The van der Waals surface area contributed by atoms with Crippen molar-refractivity contribution >= 4 is 9.84 Å².